The van der Waals surface area contributed by atoms with Gasteiger partial charge in [-0.15, -0.1) is 0 Å². The van der Waals surface area contributed by atoms with Gasteiger partial charge in [0.2, 0.25) is 11.8 Å². The maximum absolute atomic E-state index is 13.7. The second-order valence-corrected chi connectivity index (χ2v) is 15.0. The molecule has 1 N–H and O–H groups in total. The van der Waals surface area contributed by atoms with Gasteiger partial charge in [0, 0.05) is 23.0 Å². The number of nitrogens with one attached hydrogen (secondary N) is 1. The van der Waals surface area contributed by atoms with Crippen LogP contribution in [0, 0.1) is 31.1 Å². The third-order valence-electron chi connectivity index (χ3n) is 9.00. The van der Waals surface area contributed by atoms with Crippen molar-refractivity contribution in [1.82, 2.24) is 14.9 Å². The van der Waals surface area contributed by atoms with Crippen molar-refractivity contribution in [2.24, 2.45) is 17.3 Å². The summed E-state index contributed by atoms with van der Waals surface area (Å²) in [6.45, 7) is 12.5. The Labute approximate surface area is 245 Å². The molecule has 1 atom stereocenters. The summed E-state index contributed by atoms with van der Waals surface area (Å²) >= 11 is 0. The monoisotopic (exact) mass is 576 g/mol. The number of rotatable bonds is 6. The van der Waals surface area contributed by atoms with Crippen LogP contribution < -0.4 is 9.46 Å². The van der Waals surface area contributed by atoms with Gasteiger partial charge in [0.05, 0.1) is 17.2 Å². The maximum Gasteiger partial charge on any atom is 0.264 e. The highest BCUT2D eigenvalue weighted by Gasteiger charge is 2.56. The van der Waals surface area contributed by atoms with Crippen molar-refractivity contribution in [3.63, 3.8) is 0 Å². The molecule has 0 unspecified atom stereocenters. The lowest BCUT2D eigenvalue weighted by atomic mass is 9.45. The molecule has 1 fully saturated rings. The number of sulfonamides is 1. The Hall–Kier alpha value is -2.97. The Bertz CT molecular complexity index is 1510. The largest absolute Gasteiger partial charge is 0.477 e. The summed E-state index contributed by atoms with van der Waals surface area (Å²) in [6.07, 6.45) is 4.06. The van der Waals surface area contributed by atoms with E-state index >= 15 is 0 Å². The lowest BCUT2D eigenvalue weighted by Gasteiger charge is -2.59. The molecule has 1 aliphatic carbocycles. The fourth-order valence-electron chi connectivity index (χ4n) is 7.12. The first kappa shape index (κ1) is 29.5. The number of benzene rings is 2. The summed E-state index contributed by atoms with van der Waals surface area (Å²) in [5.41, 5.74) is 4.80. The summed E-state index contributed by atoms with van der Waals surface area (Å²) in [6, 6.07) is 15.4. The van der Waals surface area contributed by atoms with Crippen molar-refractivity contribution in [2.75, 3.05) is 32.0 Å². The van der Waals surface area contributed by atoms with E-state index in [1.54, 1.807) is 6.07 Å². The van der Waals surface area contributed by atoms with E-state index in [0.717, 1.165) is 54.5 Å². The smallest absolute Gasteiger partial charge is 0.264 e. The van der Waals surface area contributed by atoms with Gasteiger partial charge in [0.25, 0.3) is 10.0 Å². The van der Waals surface area contributed by atoms with Crippen LogP contribution in [0.4, 0.5) is 5.95 Å². The van der Waals surface area contributed by atoms with Gasteiger partial charge in [-0.3, -0.25) is 0 Å². The molecule has 0 saturated heterocycles. The molecule has 1 spiro atoms. The van der Waals surface area contributed by atoms with E-state index in [0.29, 0.717) is 24.1 Å². The average Bonchev–Trinajstić information content (AvgIpc) is 2.87. The standard InChI is InChI=1S/C33H44N4O3S/c1-22(2)16-26-19-40-29-18-28(30-23(3)10-8-11-24(30)4)34-31(35-29)36-41(38,39)27-13-9-12-25(17-27)33(26)20-32(5,21-33)14-15-37(6)7/h8-13,17-18,22,26H,14-16,19-21H2,1-7H3,(H,34,35,36)/t26-,32?,33?/m1/s1. The number of aryl methyl sites for hydroxylation is 2. The van der Waals surface area contributed by atoms with Crippen LogP contribution in [0.1, 0.15) is 63.1 Å². The van der Waals surface area contributed by atoms with Gasteiger partial charge in [-0.2, -0.15) is 4.98 Å². The van der Waals surface area contributed by atoms with Gasteiger partial charge in [-0.05, 0) is 100 Å². The number of ether oxygens (including phenoxy) is 1. The van der Waals surface area contributed by atoms with E-state index in [4.69, 9.17) is 4.74 Å². The van der Waals surface area contributed by atoms with E-state index in [9.17, 15) is 8.42 Å². The lowest BCUT2D eigenvalue weighted by Crippen LogP contribution is -2.55. The Balaban J connectivity index is 1.63. The molecule has 2 aliphatic rings. The average molecular weight is 577 g/mol. The number of anilines is 1. The van der Waals surface area contributed by atoms with Crippen molar-refractivity contribution >= 4 is 16.0 Å². The molecule has 3 aromatic rings. The van der Waals surface area contributed by atoms with Crippen LogP contribution in [0.25, 0.3) is 11.3 Å². The van der Waals surface area contributed by atoms with E-state index in [1.807, 2.05) is 50.2 Å². The van der Waals surface area contributed by atoms with Crippen molar-refractivity contribution in [3.05, 3.63) is 65.2 Å². The van der Waals surface area contributed by atoms with Crippen LogP contribution >= 0.6 is 0 Å². The van der Waals surface area contributed by atoms with Gasteiger partial charge in [0.1, 0.15) is 0 Å². The van der Waals surface area contributed by atoms with E-state index in [2.05, 4.69) is 60.5 Å². The Morgan fingerprint density at radius 3 is 2.39 bits per heavy atom. The van der Waals surface area contributed by atoms with Gasteiger partial charge < -0.3 is 9.64 Å². The molecule has 220 valence electrons. The minimum atomic E-state index is -3.93. The second-order valence-electron chi connectivity index (χ2n) is 13.3. The zero-order valence-corrected chi connectivity index (χ0v) is 26.3. The molecule has 0 radical (unpaired) electrons. The molecule has 2 heterocycles. The number of hydrogen-bond acceptors (Lipinski definition) is 6. The Kier molecular flexibility index (Phi) is 7.94. The highest BCUT2D eigenvalue weighted by Crippen LogP contribution is 2.62. The third kappa shape index (κ3) is 6.00. The van der Waals surface area contributed by atoms with Gasteiger partial charge in [-0.1, -0.05) is 51.1 Å². The van der Waals surface area contributed by atoms with Gasteiger partial charge >= 0.3 is 0 Å². The van der Waals surface area contributed by atoms with Crippen LogP contribution in [-0.4, -0.2) is 50.5 Å². The summed E-state index contributed by atoms with van der Waals surface area (Å²) in [7, 11) is 0.308. The van der Waals surface area contributed by atoms with Crippen molar-refractivity contribution in [1.29, 1.82) is 0 Å². The fourth-order valence-corrected chi connectivity index (χ4v) is 8.11. The summed E-state index contributed by atoms with van der Waals surface area (Å²) in [5, 5.41) is 0. The first-order valence-electron chi connectivity index (χ1n) is 14.7. The molecule has 0 amide bonds. The quantitative estimate of drug-likeness (QED) is 0.356. The minimum Gasteiger partial charge on any atom is -0.477 e. The van der Waals surface area contributed by atoms with Crippen LogP contribution in [0.15, 0.2) is 53.4 Å². The van der Waals surface area contributed by atoms with Crippen LogP contribution in [0.3, 0.4) is 0 Å². The molecule has 2 aromatic carbocycles. The second kappa shape index (κ2) is 11.0. The van der Waals surface area contributed by atoms with E-state index < -0.39 is 10.0 Å². The van der Waals surface area contributed by atoms with Gasteiger partial charge in [0.15, 0.2) is 0 Å². The van der Waals surface area contributed by atoms with Crippen molar-refractivity contribution < 1.29 is 13.2 Å². The SMILES string of the molecule is Cc1cccc(C)c1-c1cc2nc(n1)NS(=O)(=O)c1cccc(c1)C1(CC(C)(CCN(C)C)C1)[C@H](CC(C)C)CO2. The number of nitrogens with zero attached hydrogens (tertiary/aromatic N) is 3. The predicted octanol–water partition coefficient (Wildman–Crippen LogP) is 6.61. The highest BCUT2D eigenvalue weighted by atomic mass is 32.2. The van der Waals surface area contributed by atoms with Crippen LogP contribution in [0.2, 0.25) is 0 Å². The van der Waals surface area contributed by atoms with E-state index in [-0.39, 0.29) is 27.6 Å². The molecular weight excluding hydrogens is 532 g/mol. The Morgan fingerprint density at radius 2 is 1.73 bits per heavy atom. The molecule has 1 aromatic heterocycles. The predicted molar refractivity (Wildman–Crippen MR) is 165 cm³/mol. The van der Waals surface area contributed by atoms with E-state index in [1.165, 1.54) is 0 Å². The first-order valence-corrected chi connectivity index (χ1v) is 16.2. The Morgan fingerprint density at radius 1 is 1.05 bits per heavy atom. The minimum absolute atomic E-state index is 0.0150. The normalized spacial score (nSPS) is 25.1. The molecule has 5 rings (SSSR count). The number of aromatic nitrogens is 2. The molecule has 1 aliphatic heterocycles. The summed E-state index contributed by atoms with van der Waals surface area (Å²) in [5.74, 6) is 1.06. The van der Waals surface area contributed by atoms with Crippen molar-refractivity contribution in [3.8, 4) is 17.1 Å². The third-order valence-corrected chi connectivity index (χ3v) is 10.3. The first-order chi connectivity index (χ1) is 19.3. The molecule has 7 nitrogen and oxygen atoms in total. The molecular formula is C33H44N4O3S. The van der Waals surface area contributed by atoms with Gasteiger partial charge in [-0.25, -0.2) is 18.1 Å². The zero-order valence-electron chi connectivity index (χ0n) is 25.5. The van der Waals surface area contributed by atoms with Crippen LogP contribution in [0.5, 0.6) is 5.88 Å². The topological polar surface area (TPSA) is 84.4 Å². The highest BCUT2D eigenvalue weighted by molar-refractivity contribution is 7.92. The number of fused-ring (bicyclic) bond motifs is 5. The molecule has 41 heavy (non-hydrogen) atoms. The zero-order chi connectivity index (χ0) is 29.6. The summed E-state index contributed by atoms with van der Waals surface area (Å²) in [4.78, 5) is 11.7. The summed E-state index contributed by atoms with van der Waals surface area (Å²) < 4.78 is 36.6. The van der Waals surface area contributed by atoms with Crippen molar-refractivity contribution in [2.45, 2.75) is 70.6 Å². The maximum atomic E-state index is 13.7. The molecule has 1 saturated carbocycles. The molecule has 8 heteroatoms. The fraction of sp³-hybridized carbons (Fsp3) is 0.515. The molecule has 4 bridgehead atoms. The van der Waals surface area contributed by atoms with Crippen LogP contribution in [-0.2, 0) is 15.4 Å². The lowest BCUT2D eigenvalue weighted by molar-refractivity contribution is -0.0366. The number of hydrogen-bond donors (Lipinski definition) is 1.